The molecule has 1 amide bonds. The summed E-state index contributed by atoms with van der Waals surface area (Å²) in [6, 6.07) is 5.68. The first-order chi connectivity index (χ1) is 15.3. The highest BCUT2D eigenvalue weighted by molar-refractivity contribution is 7.82. The van der Waals surface area contributed by atoms with E-state index in [4.69, 9.17) is 4.52 Å². The van der Waals surface area contributed by atoms with Crippen molar-refractivity contribution in [2.75, 3.05) is 25.0 Å². The molecule has 2 aliphatic rings. The van der Waals surface area contributed by atoms with Crippen molar-refractivity contribution in [2.24, 2.45) is 5.92 Å². The minimum absolute atomic E-state index is 0. The standard InChI is InChI=1S/C23H33N5O3S.H2O.H2/c1-15(2)14-27(4)22-8-7-19(13-24-22)32(30)28-10-9-18(11-16(28)3)25-23(29)20-12-21(31-26-20)17-5-6-17;;/h7-8,12-13,15-18H,5-6,9-11,14H2,1-4H3,(H,25,29);1H2;1H/t16-,18+,32?;;/m0../s1. The van der Waals surface area contributed by atoms with Gasteiger partial charge in [0.2, 0.25) is 0 Å². The van der Waals surface area contributed by atoms with Crippen LogP contribution in [-0.2, 0) is 11.0 Å². The topological polar surface area (TPSA) is 123 Å². The average molecular weight is 480 g/mol. The van der Waals surface area contributed by atoms with E-state index in [-0.39, 0.29) is 24.9 Å². The van der Waals surface area contributed by atoms with Crippen LogP contribution in [0.3, 0.4) is 0 Å². The van der Waals surface area contributed by atoms with Gasteiger partial charge in [-0.1, -0.05) is 19.0 Å². The van der Waals surface area contributed by atoms with E-state index in [1.165, 1.54) is 0 Å². The van der Waals surface area contributed by atoms with E-state index < -0.39 is 11.0 Å². The van der Waals surface area contributed by atoms with Crippen molar-refractivity contribution < 1.29 is 20.4 Å². The average Bonchev–Trinajstić information content (AvgIpc) is 3.49. The van der Waals surface area contributed by atoms with E-state index >= 15 is 0 Å². The van der Waals surface area contributed by atoms with Crippen LogP contribution in [-0.4, -0.2) is 62.3 Å². The zero-order chi connectivity index (χ0) is 22.8. The highest BCUT2D eigenvalue weighted by atomic mass is 32.2. The Bertz CT molecular complexity index is 967. The van der Waals surface area contributed by atoms with Crippen molar-refractivity contribution in [1.82, 2.24) is 19.8 Å². The molecule has 1 unspecified atom stereocenters. The summed E-state index contributed by atoms with van der Waals surface area (Å²) in [6.45, 7) is 7.95. The number of piperidine rings is 1. The smallest absolute Gasteiger partial charge is 0.273 e. The van der Waals surface area contributed by atoms with Crippen LogP contribution in [0.2, 0.25) is 0 Å². The van der Waals surface area contributed by atoms with Gasteiger partial charge in [0.1, 0.15) is 22.6 Å². The molecule has 0 spiro atoms. The minimum Gasteiger partial charge on any atom is -0.412 e. The van der Waals surface area contributed by atoms with Gasteiger partial charge in [0.15, 0.2) is 5.69 Å². The Morgan fingerprint density at radius 2 is 2.12 bits per heavy atom. The first kappa shape index (κ1) is 25.3. The zero-order valence-electron chi connectivity index (χ0n) is 19.8. The molecule has 2 aromatic rings. The van der Waals surface area contributed by atoms with Crippen LogP contribution >= 0.6 is 0 Å². The van der Waals surface area contributed by atoms with Crippen LogP contribution in [0, 0.1) is 5.92 Å². The van der Waals surface area contributed by atoms with Crippen molar-refractivity contribution in [1.29, 1.82) is 0 Å². The Labute approximate surface area is 199 Å². The molecule has 10 heteroatoms. The number of nitrogens with zero attached hydrogens (tertiary/aromatic N) is 4. The Morgan fingerprint density at radius 3 is 2.73 bits per heavy atom. The Hall–Kier alpha value is -2.30. The lowest BCUT2D eigenvalue weighted by molar-refractivity contribution is 0.0906. The van der Waals surface area contributed by atoms with Gasteiger partial charge in [-0.3, -0.25) is 4.79 Å². The highest BCUT2D eigenvalue weighted by Crippen LogP contribution is 2.40. The van der Waals surface area contributed by atoms with E-state index in [9.17, 15) is 9.00 Å². The molecule has 0 bridgehead atoms. The molecule has 184 valence electrons. The minimum atomic E-state index is -1.28. The number of hydrogen-bond acceptors (Lipinski definition) is 6. The van der Waals surface area contributed by atoms with Crippen LogP contribution in [0.1, 0.15) is 70.0 Å². The van der Waals surface area contributed by atoms with Gasteiger partial charge < -0.3 is 20.2 Å². The monoisotopic (exact) mass is 479 g/mol. The number of amides is 1. The Balaban J connectivity index is 0.00000204. The van der Waals surface area contributed by atoms with Gasteiger partial charge in [-0.05, 0) is 50.7 Å². The maximum Gasteiger partial charge on any atom is 0.273 e. The first-order valence-corrected chi connectivity index (χ1v) is 12.6. The van der Waals surface area contributed by atoms with Gasteiger partial charge in [0.05, 0.1) is 4.90 Å². The Morgan fingerprint density at radius 1 is 1.36 bits per heavy atom. The predicted octanol–water partition coefficient (Wildman–Crippen LogP) is 2.77. The first-order valence-electron chi connectivity index (χ1n) is 11.4. The number of aromatic nitrogens is 2. The van der Waals surface area contributed by atoms with Gasteiger partial charge >= 0.3 is 0 Å². The quantitative estimate of drug-likeness (QED) is 0.621. The molecule has 0 radical (unpaired) electrons. The number of hydrogen-bond donors (Lipinski definition) is 1. The largest absolute Gasteiger partial charge is 0.412 e. The number of carbonyl (C=O) groups is 1. The summed E-state index contributed by atoms with van der Waals surface area (Å²) in [6.07, 6.45) is 5.39. The number of nitrogens with one attached hydrogen (secondary N) is 1. The number of anilines is 1. The van der Waals surface area contributed by atoms with Gasteiger partial charge in [-0.2, -0.15) is 0 Å². The normalized spacial score (nSPS) is 22.0. The van der Waals surface area contributed by atoms with E-state index in [2.05, 4.69) is 41.1 Å². The maximum atomic E-state index is 13.2. The van der Waals surface area contributed by atoms with Crippen LogP contribution in [0.5, 0.6) is 0 Å². The third-order valence-electron chi connectivity index (χ3n) is 6.06. The van der Waals surface area contributed by atoms with Crippen LogP contribution in [0.25, 0.3) is 0 Å². The summed E-state index contributed by atoms with van der Waals surface area (Å²) in [5, 5.41) is 6.99. The highest BCUT2D eigenvalue weighted by Gasteiger charge is 2.32. The maximum absolute atomic E-state index is 13.2. The third kappa shape index (κ3) is 6.18. The number of carbonyl (C=O) groups excluding carboxylic acids is 1. The molecule has 3 atom stereocenters. The van der Waals surface area contributed by atoms with E-state index in [1.54, 1.807) is 12.3 Å². The molecule has 3 heterocycles. The van der Waals surface area contributed by atoms with E-state index in [0.717, 1.165) is 43.8 Å². The second-order valence-corrected chi connectivity index (χ2v) is 10.9. The van der Waals surface area contributed by atoms with Crippen molar-refractivity contribution in [3.63, 3.8) is 0 Å². The third-order valence-corrected chi connectivity index (χ3v) is 7.67. The molecular weight excluding hydrogens is 442 g/mol. The molecule has 0 aromatic carbocycles. The fourth-order valence-corrected chi connectivity index (χ4v) is 5.50. The molecule has 1 aliphatic carbocycles. The second kappa shape index (κ2) is 10.8. The molecule has 2 fully saturated rings. The SMILES string of the molecule is CC(C)CN(C)c1ccc(S(=O)N2CC[C@@H](NC(=O)c3cc(C4CC4)on3)C[C@@H]2C)cn1.O.[HH]. The molecule has 2 aromatic heterocycles. The molecule has 1 saturated heterocycles. The van der Waals surface area contributed by atoms with Crippen LogP contribution < -0.4 is 10.2 Å². The summed E-state index contributed by atoms with van der Waals surface area (Å²) < 4.78 is 20.4. The van der Waals surface area contributed by atoms with Gasteiger partial charge in [-0.25, -0.2) is 13.5 Å². The summed E-state index contributed by atoms with van der Waals surface area (Å²) >= 11 is 0. The van der Waals surface area contributed by atoms with Gasteiger partial charge in [0.25, 0.3) is 5.91 Å². The summed E-state index contributed by atoms with van der Waals surface area (Å²) in [5.74, 6) is 2.47. The van der Waals surface area contributed by atoms with Crippen molar-refractivity contribution in [3.8, 4) is 0 Å². The number of pyridine rings is 1. The van der Waals surface area contributed by atoms with E-state index in [1.807, 2.05) is 23.5 Å². The second-order valence-electron chi connectivity index (χ2n) is 9.45. The summed E-state index contributed by atoms with van der Waals surface area (Å²) in [7, 11) is 0.741. The van der Waals surface area contributed by atoms with E-state index in [0.29, 0.717) is 29.0 Å². The fourth-order valence-electron chi connectivity index (χ4n) is 4.22. The van der Waals surface area contributed by atoms with Crippen LogP contribution in [0.15, 0.2) is 33.8 Å². The van der Waals surface area contributed by atoms with Crippen LogP contribution in [0.4, 0.5) is 5.82 Å². The predicted molar refractivity (Wildman–Crippen MR) is 130 cm³/mol. The van der Waals surface area contributed by atoms with Crippen molar-refractivity contribution >= 4 is 22.7 Å². The number of rotatable bonds is 8. The summed E-state index contributed by atoms with van der Waals surface area (Å²) in [4.78, 5) is 19.9. The zero-order valence-corrected chi connectivity index (χ0v) is 20.6. The van der Waals surface area contributed by atoms with Crippen molar-refractivity contribution in [3.05, 3.63) is 35.9 Å². The molecule has 33 heavy (non-hydrogen) atoms. The summed E-state index contributed by atoms with van der Waals surface area (Å²) in [5.41, 5.74) is 0.346. The van der Waals surface area contributed by atoms with Gasteiger partial charge in [0, 0.05) is 51.8 Å². The molecule has 1 aliphatic heterocycles. The molecule has 1 saturated carbocycles. The molecule has 4 rings (SSSR count). The Kier molecular flexibility index (Phi) is 8.25. The lowest BCUT2D eigenvalue weighted by Crippen LogP contribution is -2.49. The molecule has 9 nitrogen and oxygen atoms in total. The molecule has 3 N–H and O–H groups in total. The van der Waals surface area contributed by atoms with Crippen molar-refractivity contribution in [2.45, 2.75) is 69.4 Å². The van der Waals surface area contributed by atoms with Gasteiger partial charge in [-0.15, -0.1) is 0 Å². The lowest BCUT2D eigenvalue weighted by atomic mass is 10.0. The lowest BCUT2D eigenvalue weighted by Gasteiger charge is -2.36. The fraction of sp³-hybridized carbons (Fsp3) is 0.609. The molecular formula is C23H37N5O4S.